The van der Waals surface area contributed by atoms with E-state index >= 15 is 0 Å². The minimum absolute atomic E-state index is 0.272. The van der Waals surface area contributed by atoms with Crippen LogP contribution in [0.5, 0.6) is 0 Å². The number of rotatable bonds is 19. The molecule has 29 heavy (non-hydrogen) atoms. The van der Waals surface area contributed by atoms with Crippen molar-refractivity contribution in [1.29, 1.82) is 0 Å². The van der Waals surface area contributed by atoms with Crippen LogP contribution in [-0.2, 0) is 4.79 Å². The Morgan fingerprint density at radius 1 is 0.655 bits per heavy atom. The van der Waals surface area contributed by atoms with Crippen LogP contribution < -0.4 is 0 Å². The van der Waals surface area contributed by atoms with Gasteiger partial charge in [0.15, 0.2) is 5.78 Å². The fourth-order valence-corrected chi connectivity index (χ4v) is 4.02. The normalized spacial score (nSPS) is 17.1. The Morgan fingerprint density at radius 2 is 1.03 bits per heavy atom. The second-order valence-corrected chi connectivity index (χ2v) is 10.1. The van der Waals surface area contributed by atoms with E-state index < -0.39 is 18.8 Å². The van der Waals surface area contributed by atoms with Crippen LogP contribution >= 0.6 is 0 Å². The van der Waals surface area contributed by atoms with E-state index in [0.717, 1.165) is 30.6 Å². The summed E-state index contributed by atoms with van der Waals surface area (Å²) in [5.74, 6) is 2.69. The van der Waals surface area contributed by atoms with Crippen molar-refractivity contribution in [3.05, 3.63) is 0 Å². The molecule has 0 aliphatic rings. The van der Waals surface area contributed by atoms with Gasteiger partial charge in [0.25, 0.3) is 0 Å². The highest BCUT2D eigenvalue weighted by atomic mass is 16.4. The molecule has 0 spiro atoms. The van der Waals surface area contributed by atoms with Gasteiger partial charge in [0, 0.05) is 6.42 Å². The molecule has 0 aliphatic carbocycles. The van der Waals surface area contributed by atoms with Crippen LogP contribution in [0.3, 0.4) is 0 Å². The fraction of sp³-hybridized carbons (Fsp3) is 0.960. The Bertz CT molecular complexity index is 396. The number of carbonyl (C=O) groups is 1. The van der Waals surface area contributed by atoms with Crippen molar-refractivity contribution in [3.63, 3.8) is 0 Å². The van der Waals surface area contributed by atoms with Crippen molar-refractivity contribution in [3.8, 4) is 0 Å². The van der Waals surface area contributed by atoms with Crippen molar-refractivity contribution in [2.75, 3.05) is 6.61 Å². The third-order valence-electron chi connectivity index (χ3n) is 6.27. The van der Waals surface area contributed by atoms with Crippen molar-refractivity contribution in [2.45, 2.75) is 124 Å². The smallest absolute Gasteiger partial charge is 0.164 e. The number of aliphatic hydroxyl groups excluding tert-OH is 3. The van der Waals surface area contributed by atoms with E-state index in [4.69, 9.17) is 5.11 Å². The Balaban J connectivity index is 3.70. The molecule has 0 aliphatic heterocycles. The van der Waals surface area contributed by atoms with E-state index in [1.54, 1.807) is 0 Å². The predicted molar refractivity (Wildman–Crippen MR) is 122 cm³/mol. The summed E-state index contributed by atoms with van der Waals surface area (Å²) in [6.45, 7) is 11.0. The van der Waals surface area contributed by atoms with E-state index in [2.05, 4.69) is 34.6 Å². The Hall–Kier alpha value is -0.450. The summed E-state index contributed by atoms with van der Waals surface area (Å²) in [4.78, 5) is 11.7. The molecule has 0 saturated heterocycles. The average Bonchev–Trinajstić information content (AvgIpc) is 2.66. The molecule has 3 N–H and O–H groups in total. The van der Waals surface area contributed by atoms with Crippen molar-refractivity contribution in [2.24, 2.45) is 23.7 Å². The lowest BCUT2D eigenvalue weighted by atomic mass is 9.90. The number of carbonyl (C=O) groups excluding carboxylic acids is 1. The van der Waals surface area contributed by atoms with Gasteiger partial charge in [-0.1, -0.05) is 98.8 Å². The van der Waals surface area contributed by atoms with Gasteiger partial charge in [-0.25, -0.2) is 0 Å². The first kappa shape index (κ1) is 28.5. The highest BCUT2D eigenvalue weighted by Gasteiger charge is 2.22. The monoisotopic (exact) mass is 414 g/mol. The molecule has 0 saturated carbocycles. The maximum atomic E-state index is 11.7. The van der Waals surface area contributed by atoms with Gasteiger partial charge in [-0.15, -0.1) is 0 Å². The maximum absolute atomic E-state index is 11.7. The van der Waals surface area contributed by atoms with Crippen LogP contribution in [0.25, 0.3) is 0 Å². The Kier molecular flexibility index (Phi) is 17.0. The van der Waals surface area contributed by atoms with Crippen LogP contribution in [0.2, 0.25) is 0 Å². The summed E-state index contributed by atoms with van der Waals surface area (Å²) in [6.07, 6.45) is 11.0. The first-order valence-corrected chi connectivity index (χ1v) is 12.2. The molecule has 0 heterocycles. The van der Waals surface area contributed by atoms with Gasteiger partial charge in [-0.3, -0.25) is 4.79 Å². The standard InChI is InChI=1S/C25H50O4/c1-19(2)10-6-11-20(3)12-7-13-21(4)14-8-15-22(5)16-9-17-23(27)25(29)24(28)18-26/h19-22,24-26,28-29H,6-18H2,1-5H3. The minimum Gasteiger partial charge on any atom is -0.394 e. The largest absolute Gasteiger partial charge is 0.394 e. The summed E-state index contributed by atoms with van der Waals surface area (Å²) in [5, 5.41) is 27.6. The van der Waals surface area contributed by atoms with Crippen LogP contribution in [0.15, 0.2) is 0 Å². The lowest BCUT2D eigenvalue weighted by molar-refractivity contribution is -0.134. The summed E-state index contributed by atoms with van der Waals surface area (Å²) < 4.78 is 0. The molecule has 4 nitrogen and oxygen atoms in total. The lowest BCUT2D eigenvalue weighted by Gasteiger charge is -2.17. The zero-order valence-electron chi connectivity index (χ0n) is 19.9. The van der Waals surface area contributed by atoms with Crippen LogP contribution in [0.1, 0.15) is 112 Å². The average molecular weight is 415 g/mol. The second-order valence-electron chi connectivity index (χ2n) is 10.1. The SMILES string of the molecule is CC(C)CCCC(C)CCCC(C)CCCC(C)CCCC(=O)C(O)C(O)CO. The molecule has 0 aromatic rings. The number of aliphatic hydroxyl groups is 3. The summed E-state index contributed by atoms with van der Waals surface area (Å²) in [7, 11) is 0. The van der Waals surface area contributed by atoms with Crippen molar-refractivity contribution in [1.82, 2.24) is 0 Å². The zero-order chi connectivity index (χ0) is 22.2. The molecule has 4 heteroatoms. The van der Waals surface area contributed by atoms with E-state index in [9.17, 15) is 15.0 Å². The molecule has 5 atom stereocenters. The van der Waals surface area contributed by atoms with Gasteiger partial charge in [0.1, 0.15) is 12.2 Å². The molecule has 0 bridgehead atoms. The minimum atomic E-state index is -1.45. The third kappa shape index (κ3) is 16.0. The van der Waals surface area contributed by atoms with Crippen LogP contribution in [0.4, 0.5) is 0 Å². The predicted octanol–water partition coefficient (Wildman–Crippen LogP) is 5.52. The van der Waals surface area contributed by atoms with Crippen molar-refractivity contribution < 1.29 is 20.1 Å². The Labute approximate surface area is 180 Å². The molecular formula is C25H50O4. The Morgan fingerprint density at radius 3 is 1.41 bits per heavy atom. The zero-order valence-corrected chi connectivity index (χ0v) is 19.9. The topological polar surface area (TPSA) is 77.8 Å². The summed E-state index contributed by atoms with van der Waals surface area (Å²) in [5.41, 5.74) is 0. The molecule has 5 unspecified atom stereocenters. The highest BCUT2D eigenvalue weighted by molar-refractivity contribution is 5.83. The molecule has 0 aromatic heterocycles. The summed E-state index contributed by atoms with van der Waals surface area (Å²) >= 11 is 0. The van der Waals surface area contributed by atoms with Crippen LogP contribution in [0, 0.1) is 23.7 Å². The van der Waals surface area contributed by atoms with Gasteiger partial charge in [-0.2, -0.15) is 0 Å². The molecular weight excluding hydrogens is 364 g/mol. The first-order chi connectivity index (χ1) is 13.7. The van der Waals surface area contributed by atoms with Gasteiger partial charge >= 0.3 is 0 Å². The van der Waals surface area contributed by atoms with Crippen LogP contribution in [-0.4, -0.2) is 39.9 Å². The van der Waals surface area contributed by atoms with E-state index in [-0.39, 0.29) is 12.2 Å². The molecule has 0 fully saturated rings. The molecule has 0 amide bonds. The van der Waals surface area contributed by atoms with E-state index in [0.29, 0.717) is 5.92 Å². The quantitative estimate of drug-likeness (QED) is 0.260. The first-order valence-electron chi connectivity index (χ1n) is 12.2. The highest BCUT2D eigenvalue weighted by Crippen LogP contribution is 2.23. The number of ketones is 1. The summed E-state index contributed by atoms with van der Waals surface area (Å²) in [6, 6.07) is 0. The van der Waals surface area contributed by atoms with Gasteiger partial charge < -0.3 is 15.3 Å². The molecule has 0 radical (unpaired) electrons. The van der Waals surface area contributed by atoms with Gasteiger partial charge in [0.05, 0.1) is 6.61 Å². The third-order valence-corrected chi connectivity index (χ3v) is 6.27. The lowest BCUT2D eigenvalue weighted by Crippen LogP contribution is -2.36. The number of Topliss-reactive ketones (excluding diaryl/α,β-unsaturated/α-hetero) is 1. The number of hydrogen-bond acceptors (Lipinski definition) is 4. The van der Waals surface area contributed by atoms with E-state index in [1.807, 2.05) is 0 Å². The molecule has 0 aromatic carbocycles. The second kappa shape index (κ2) is 17.3. The van der Waals surface area contributed by atoms with E-state index in [1.165, 1.54) is 57.8 Å². The van der Waals surface area contributed by atoms with Gasteiger partial charge in [0.2, 0.25) is 0 Å². The fourth-order valence-electron chi connectivity index (χ4n) is 4.02. The van der Waals surface area contributed by atoms with Crippen molar-refractivity contribution >= 4 is 5.78 Å². The van der Waals surface area contributed by atoms with Gasteiger partial charge in [-0.05, 0) is 30.1 Å². The maximum Gasteiger partial charge on any atom is 0.164 e. The molecule has 174 valence electrons. The number of hydrogen-bond donors (Lipinski definition) is 3. The molecule has 0 rings (SSSR count).